The van der Waals surface area contributed by atoms with Crippen molar-refractivity contribution in [2.24, 2.45) is 5.73 Å². The molecular weight excluding hydrogens is 162 g/mol. The highest BCUT2D eigenvalue weighted by Crippen LogP contribution is 2.08. The molecule has 1 aromatic heterocycles. The zero-order valence-electron chi connectivity index (χ0n) is 8.33. The zero-order valence-corrected chi connectivity index (χ0v) is 8.33. The lowest BCUT2D eigenvalue weighted by atomic mass is 10.1. The van der Waals surface area contributed by atoms with Gasteiger partial charge in [-0.25, -0.2) is 0 Å². The molecule has 1 aromatic rings. The van der Waals surface area contributed by atoms with Crippen LogP contribution in [-0.2, 0) is 6.42 Å². The molecule has 0 aliphatic rings. The van der Waals surface area contributed by atoms with Gasteiger partial charge in [0.25, 0.3) is 0 Å². The molecule has 0 saturated heterocycles. The van der Waals surface area contributed by atoms with Crippen LogP contribution in [0.2, 0.25) is 0 Å². The lowest BCUT2D eigenvalue weighted by Gasteiger charge is -2.08. The average molecular weight is 181 g/mol. The fourth-order valence-corrected chi connectivity index (χ4v) is 1.39. The Morgan fingerprint density at radius 2 is 2.31 bits per heavy atom. The van der Waals surface area contributed by atoms with E-state index < -0.39 is 0 Å². The van der Waals surface area contributed by atoms with Gasteiger partial charge < -0.3 is 10.2 Å². The van der Waals surface area contributed by atoms with Gasteiger partial charge in [0, 0.05) is 12.5 Å². The van der Waals surface area contributed by atoms with Crippen LogP contribution < -0.4 is 5.73 Å². The standard InChI is InChI=1S/C11H19NO/c1-2-3-5-10(12)7-8-11-6-4-9-13-11/h4,6,9-10H,2-3,5,7-8,12H2,1H3. The maximum Gasteiger partial charge on any atom is 0.103 e. The summed E-state index contributed by atoms with van der Waals surface area (Å²) in [6, 6.07) is 4.27. The van der Waals surface area contributed by atoms with Gasteiger partial charge >= 0.3 is 0 Å². The third-order valence-electron chi connectivity index (χ3n) is 2.27. The summed E-state index contributed by atoms with van der Waals surface area (Å²) in [5.74, 6) is 1.05. The van der Waals surface area contributed by atoms with E-state index in [1.807, 2.05) is 12.1 Å². The zero-order chi connectivity index (χ0) is 9.52. The van der Waals surface area contributed by atoms with E-state index in [4.69, 9.17) is 10.2 Å². The van der Waals surface area contributed by atoms with Crippen LogP contribution >= 0.6 is 0 Å². The van der Waals surface area contributed by atoms with Crippen molar-refractivity contribution < 1.29 is 4.42 Å². The predicted octanol–water partition coefficient (Wildman–Crippen LogP) is 2.73. The highest BCUT2D eigenvalue weighted by molar-refractivity contribution is 4.98. The van der Waals surface area contributed by atoms with Crippen molar-refractivity contribution in [2.75, 3.05) is 0 Å². The fraction of sp³-hybridized carbons (Fsp3) is 0.636. The molecule has 0 radical (unpaired) electrons. The summed E-state index contributed by atoms with van der Waals surface area (Å²) in [7, 11) is 0. The van der Waals surface area contributed by atoms with Gasteiger partial charge in [-0.3, -0.25) is 0 Å². The molecule has 0 amide bonds. The Kier molecular flexibility index (Phi) is 4.61. The van der Waals surface area contributed by atoms with Gasteiger partial charge in [-0.05, 0) is 25.0 Å². The second-order valence-corrected chi connectivity index (χ2v) is 3.52. The monoisotopic (exact) mass is 181 g/mol. The van der Waals surface area contributed by atoms with Gasteiger partial charge in [0.2, 0.25) is 0 Å². The Balaban J connectivity index is 2.11. The Hall–Kier alpha value is -0.760. The molecular formula is C11H19NO. The number of unbranched alkanes of at least 4 members (excludes halogenated alkanes) is 1. The first-order valence-electron chi connectivity index (χ1n) is 5.11. The Labute approximate surface area is 80.1 Å². The Morgan fingerprint density at radius 3 is 2.92 bits per heavy atom. The van der Waals surface area contributed by atoms with Crippen molar-refractivity contribution in [1.82, 2.24) is 0 Å². The number of hydrogen-bond donors (Lipinski definition) is 1. The molecule has 1 rings (SSSR count). The molecule has 0 spiro atoms. The topological polar surface area (TPSA) is 39.2 Å². The molecule has 0 aromatic carbocycles. The van der Waals surface area contributed by atoms with Crippen LogP contribution in [0, 0.1) is 0 Å². The van der Waals surface area contributed by atoms with Crippen molar-refractivity contribution in [2.45, 2.75) is 45.1 Å². The van der Waals surface area contributed by atoms with Crippen molar-refractivity contribution in [3.8, 4) is 0 Å². The lowest BCUT2D eigenvalue weighted by molar-refractivity contribution is 0.471. The van der Waals surface area contributed by atoms with Gasteiger partial charge in [0.05, 0.1) is 6.26 Å². The minimum Gasteiger partial charge on any atom is -0.469 e. The number of nitrogens with two attached hydrogens (primary N) is 1. The molecule has 2 nitrogen and oxygen atoms in total. The maximum absolute atomic E-state index is 5.93. The first-order chi connectivity index (χ1) is 6.33. The molecule has 0 bridgehead atoms. The second kappa shape index (κ2) is 5.81. The van der Waals surface area contributed by atoms with Crippen LogP contribution in [0.25, 0.3) is 0 Å². The molecule has 0 fully saturated rings. The molecule has 13 heavy (non-hydrogen) atoms. The van der Waals surface area contributed by atoms with E-state index in [0.717, 1.165) is 25.0 Å². The van der Waals surface area contributed by atoms with Gasteiger partial charge in [-0.15, -0.1) is 0 Å². The predicted molar refractivity (Wildman–Crippen MR) is 54.5 cm³/mol. The number of aryl methyl sites for hydroxylation is 1. The summed E-state index contributed by atoms with van der Waals surface area (Å²) in [4.78, 5) is 0. The fourth-order valence-electron chi connectivity index (χ4n) is 1.39. The van der Waals surface area contributed by atoms with Crippen LogP contribution in [0.5, 0.6) is 0 Å². The third-order valence-corrected chi connectivity index (χ3v) is 2.27. The van der Waals surface area contributed by atoms with Crippen molar-refractivity contribution in [1.29, 1.82) is 0 Å². The van der Waals surface area contributed by atoms with E-state index in [9.17, 15) is 0 Å². The molecule has 1 atom stereocenters. The van der Waals surface area contributed by atoms with E-state index in [2.05, 4.69) is 6.92 Å². The SMILES string of the molecule is CCCCC(N)CCc1ccco1. The van der Waals surface area contributed by atoms with Crippen LogP contribution in [0.1, 0.15) is 38.4 Å². The van der Waals surface area contributed by atoms with Crippen LogP contribution in [0.15, 0.2) is 22.8 Å². The highest BCUT2D eigenvalue weighted by atomic mass is 16.3. The molecule has 0 aliphatic carbocycles. The second-order valence-electron chi connectivity index (χ2n) is 3.52. The first kappa shape index (κ1) is 10.3. The van der Waals surface area contributed by atoms with Crippen LogP contribution in [-0.4, -0.2) is 6.04 Å². The Bertz CT molecular complexity index is 206. The largest absolute Gasteiger partial charge is 0.469 e. The molecule has 0 saturated carbocycles. The number of rotatable bonds is 6. The van der Waals surface area contributed by atoms with Crippen LogP contribution in [0.3, 0.4) is 0 Å². The van der Waals surface area contributed by atoms with Gasteiger partial charge in [0.15, 0.2) is 0 Å². The van der Waals surface area contributed by atoms with Gasteiger partial charge in [0.1, 0.15) is 5.76 Å². The van der Waals surface area contributed by atoms with Crippen molar-refractivity contribution in [3.05, 3.63) is 24.2 Å². The van der Waals surface area contributed by atoms with E-state index >= 15 is 0 Å². The van der Waals surface area contributed by atoms with Gasteiger partial charge in [-0.2, -0.15) is 0 Å². The molecule has 1 unspecified atom stereocenters. The Morgan fingerprint density at radius 1 is 1.46 bits per heavy atom. The average Bonchev–Trinajstić information content (AvgIpc) is 2.64. The third kappa shape index (κ3) is 4.13. The number of furan rings is 1. The van der Waals surface area contributed by atoms with E-state index in [1.54, 1.807) is 6.26 Å². The van der Waals surface area contributed by atoms with Crippen molar-refractivity contribution in [3.63, 3.8) is 0 Å². The van der Waals surface area contributed by atoms with Crippen molar-refractivity contribution >= 4 is 0 Å². The normalized spacial score (nSPS) is 13.1. The number of hydrogen-bond acceptors (Lipinski definition) is 2. The van der Waals surface area contributed by atoms with E-state index in [1.165, 1.54) is 12.8 Å². The molecule has 74 valence electrons. The van der Waals surface area contributed by atoms with Crippen LogP contribution in [0.4, 0.5) is 0 Å². The molecule has 1 heterocycles. The smallest absolute Gasteiger partial charge is 0.103 e. The summed E-state index contributed by atoms with van der Waals surface area (Å²) in [6.45, 7) is 2.19. The summed E-state index contributed by atoms with van der Waals surface area (Å²) in [6.07, 6.45) is 7.32. The minimum absolute atomic E-state index is 0.338. The summed E-state index contributed by atoms with van der Waals surface area (Å²) in [5.41, 5.74) is 5.93. The van der Waals surface area contributed by atoms with E-state index in [0.29, 0.717) is 6.04 Å². The highest BCUT2D eigenvalue weighted by Gasteiger charge is 2.03. The minimum atomic E-state index is 0.338. The maximum atomic E-state index is 5.93. The van der Waals surface area contributed by atoms with E-state index in [-0.39, 0.29) is 0 Å². The first-order valence-corrected chi connectivity index (χ1v) is 5.11. The molecule has 2 heteroatoms. The molecule has 0 aliphatic heterocycles. The lowest BCUT2D eigenvalue weighted by Crippen LogP contribution is -2.20. The van der Waals surface area contributed by atoms with Gasteiger partial charge in [-0.1, -0.05) is 19.8 Å². The quantitative estimate of drug-likeness (QED) is 0.733. The summed E-state index contributed by atoms with van der Waals surface area (Å²) >= 11 is 0. The summed E-state index contributed by atoms with van der Waals surface area (Å²) < 4.78 is 5.23. The summed E-state index contributed by atoms with van der Waals surface area (Å²) in [5, 5.41) is 0. The molecule has 2 N–H and O–H groups in total.